The predicted molar refractivity (Wildman–Crippen MR) is 82.6 cm³/mol. The molecule has 0 N–H and O–H groups in total. The van der Waals surface area contributed by atoms with Crippen LogP contribution >= 0.6 is 27.3 Å². The van der Waals surface area contributed by atoms with Crippen LogP contribution in [-0.2, 0) is 12.0 Å². The third-order valence-corrected chi connectivity index (χ3v) is 5.25. The maximum Gasteiger partial charge on any atom is 0.107 e. The smallest absolute Gasteiger partial charge is 0.107 e. The minimum absolute atomic E-state index is 0.176. The molecule has 0 radical (unpaired) electrons. The van der Waals surface area contributed by atoms with Gasteiger partial charge in [0.25, 0.3) is 0 Å². The summed E-state index contributed by atoms with van der Waals surface area (Å²) in [4.78, 5) is 7.35. The van der Waals surface area contributed by atoms with Crippen LogP contribution in [0.25, 0.3) is 0 Å². The van der Waals surface area contributed by atoms with Gasteiger partial charge in [-0.2, -0.15) is 0 Å². The van der Waals surface area contributed by atoms with E-state index in [0.29, 0.717) is 0 Å². The highest BCUT2D eigenvalue weighted by atomic mass is 79.9. The van der Waals surface area contributed by atoms with Crippen molar-refractivity contribution >= 4 is 27.3 Å². The number of rotatable bonds is 3. The average Bonchev–Trinajstić information content (AvgIpc) is 2.77. The van der Waals surface area contributed by atoms with E-state index in [2.05, 4.69) is 47.0 Å². The molecule has 102 valence electrons. The molecule has 1 saturated heterocycles. The summed E-state index contributed by atoms with van der Waals surface area (Å²) in [6.45, 7) is 10.2. The molecule has 0 aromatic carbocycles. The molecule has 2 rings (SSSR count). The van der Waals surface area contributed by atoms with Crippen molar-refractivity contribution in [3.8, 4) is 0 Å². The number of aromatic nitrogens is 1. The second-order valence-electron chi connectivity index (χ2n) is 6.27. The Morgan fingerprint density at radius 3 is 2.89 bits per heavy atom. The van der Waals surface area contributed by atoms with Gasteiger partial charge < -0.3 is 0 Å². The molecule has 2 heterocycles. The molecule has 4 heteroatoms. The monoisotopic (exact) mass is 330 g/mol. The summed E-state index contributed by atoms with van der Waals surface area (Å²) in [5, 5.41) is 4.63. The molecular weight excluding hydrogens is 308 g/mol. The Morgan fingerprint density at radius 1 is 1.50 bits per heavy atom. The fourth-order valence-electron chi connectivity index (χ4n) is 2.34. The van der Waals surface area contributed by atoms with E-state index in [9.17, 15) is 0 Å². The second kappa shape index (κ2) is 6.02. The van der Waals surface area contributed by atoms with Crippen molar-refractivity contribution in [1.82, 2.24) is 9.88 Å². The van der Waals surface area contributed by atoms with Crippen LogP contribution in [0.15, 0.2) is 5.38 Å². The Labute approximate surface area is 123 Å². The molecule has 1 atom stereocenters. The van der Waals surface area contributed by atoms with Gasteiger partial charge in [-0.15, -0.1) is 11.3 Å². The van der Waals surface area contributed by atoms with Gasteiger partial charge in [0, 0.05) is 22.7 Å². The zero-order valence-electron chi connectivity index (χ0n) is 11.6. The van der Waals surface area contributed by atoms with Gasteiger partial charge in [0.05, 0.1) is 12.2 Å². The molecule has 1 unspecified atom stereocenters. The quantitative estimate of drug-likeness (QED) is 0.777. The molecular formula is C14H23BrN2S. The van der Waals surface area contributed by atoms with E-state index in [4.69, 9.17) is 4.98 Å². The highest BCUT2D eigenvalue weighted by Gasteiger charge is 2.21. The first-order valence-electron chi connectivity index (χ1n) is 6.72. The van der Waals surface area contributed by atoms with Crippen molar-refractivity contribution in [2.45, 2.75) is 45.6 Å². The summed E-state index contributed by atoms with van der Waals surface area (Å²) in [5.74, 6) is 0.820. The Morgan fingerprint density at radius 2 is 2.28 bits per heavy atom. The minimum Gasteiger partial charge on any atom is -0.296 e. The van der Waals surface area contributed by atoms with Crippen molar-refractivity contribution in [3.05, 3.63) is 16.1 Å². The van der Waals surface area contributed by atoms with Crippen LogP contribution in [0, 0.1) is 5.92 Å². The first-order chi connectivity index (χ1) is 8.49. The van der Waals surface area contributed by atoms with Gasteiger partial charge >= 0.3 is 0 Å². The maximum absolute atomic E-state index is 4.79. The van der Waals surface area contributed by atoms with Crippen LogP contribution in [0.2, 0.25) is 0 Å². The first-order valence-corrected chi connectivity index (χ1v) is 8.72. The molecule has 0 amide bonds. The average molecular weight is 331 g/mol. The number of halogens is 1. The number of hydrogen-bond acceptors (Lipinski definition) is 3. The van der Waals surface area contributed by atoms with Crippen LogP contribution in [0.3, 0.4) is 0 Å². The molecule has 0 bridgehead atoms. The van der Waals surface area contributed by atoms with Gasteiger partial charge in [0.2, 0.25) is 0 Å². The third-order valence-electron chi connectivity index (χ3n) is 3.50. The molecule has 0 saturated carbocycles. The highest BCUT2D eigenvalue weighted by molar-refractivity contribution is 9.09. The van der Waals surface area contributed by atoms with Gasteiger partial charge in [-0.3, -0.25) is 4.90 Å². The molecule has 1 aromatic rings. The summed E-state index contributed by atoms with van der Waals surface area (Å²) >= 11 is 5.43. The standard InChI is InChI=1S/C14H23BrN2S/c1-14(2,3)12-10-18-13(16-12)9-17-6-4-5-11(7-15)8-17/h10-11H,4-9H2,1-3H3. The number of likely N-dealkylation sites (tertiary alicyclic amines) is 1. The molecule has 1 aliphatic heterocycles. The maximum atomic E-state index is 4.79. The zero-order chi connectivity index (χ0) is 13.2. The van der Waals surface area contributed by atoms with E-state index in [1.54, 1.807) is 0 Å². The summed E-state index contributed by atoms with van der Waals surface area (Å²) < 4.78 is 0. The Kier molecular flexibility index (Phi) is 4.84. The second-order valence-corrected chi connectivity index (χ2v) is 7.86. The largest absolute Gasteiger partial charge is 0.296 e. The van der Waals surface area contributed by atoms with Crippen LogP contribution < -0.4 is 0 Å². The van der Waals surface area contributed by atoms with E-state index in [1.807, 2.05) is 11.3 Å². The topological polar surface area (TPSA) is 16.1 Å². The Balaban J connectivity index is 1.95. The van der Waals surface area contributed by atoms with Crippen molar-refractivity contribution in [2.24, 2.45) is 5.92 Å². The number of piperidine rings is 1. The van der Waals surface area contributed by atoms with Crippen LogP contribution in [0.4, 0.5) is 0 Å². The highest BCUT2D eigenvalue weighted by Crippen LogP contribution is 2.26. The Hall–Kier alpha value is 0.0700. The van der Waals surface area contributed by atoms with Crippen molar-refractivity contribution in [2.75, 3.05) is 18.4 Å². The van der Waals surface area contributed by atoms with Crippen LogP contribution in [-0.4, -0.2) is 28.3 Å². The van der Waals surface area contributed by atoms with Crippen LogP contribution in [0.1, 0.15) is 44.3 Å². The third kappa shape index (κ3) is 3.78. The lowest BCUT2D eigenvalue weighted by molar-refractivity contribution is 0.179. The molecule has 0 spiro atoms. The number of alkyl halides is 1. The number of hydrogen-bond donors (Lipinski definition) is 0. The summed E-state index contributed by atoms with van der Waals surface area (Å²) in [6, 6.07) is 0. The van der Waals surface area contributed by atoms with E-state index >= 15 is 0 Å². The lowest BCUT2D eigenvalue weighted by Crippen LogP contribution is -2.35. The molecule has 1 aliphatic rings. The normalized spacial score (nSPS) is 22.3. The molecule has 18 heavy (non-hydrogen) atoms. The SMILES string of the molecule is CC(C)(C)c1csc(CN2CCCC(CBr)C2)n1. The van der Waals surface area contributed by atoms with Gasteiger partial charge in [0.1, 0.15) is 5.01 Å². The van der Waals surface area contributed by atoms with Gasteiger partial charge in [0.15, 0.2) is 0 Å². The van der Waals surface area contributed by atoms with E-state index in [-0.39, 0.29) is 5.41 Å². The van der Waals surface area contributed by atoms with E-state index in [0.717, 1.165) is 17.8 Å². The molecule has 1 aromatic heterocycles. The molecule has 2 nitrogen and oxygen atoms in total. The first kappa shape index (κ1) is 14.5. The summed E-state index contributed by atoms with van der Waals surface area (Å²) in [7, 11) is 0. The van der Waals surface area contributed by atoms with Crippen molar-refractivity contribution in [1.29, 1.82) is 0 Å². The lowest BCUT2D eigenvalue weighted by Gasteiger charge is -2.31. The fraction of sp³-hybridized carbons (Fsp3) is 0.786. The van der Waals surface area contributed by atoms with Crippen molar-refractivity contribution in [3.63, 3.8) is 0 Å². The molecule has 0 aliphatic carbocycles. The fourth-order valence-corrected chi connectivity index (χ4v) is 3.93. The lowest BCUT2D eigenvalue weighted by atomic mass is 9.93. The van der Waals surface area contributed by atoms with Gasteiger partial charge in [-0.05, 0) is 25.3 Å². The molecule has 1 fully saturated rings. The number of thiazole rings is 1. The van der Waals surface area contributed by atoms with E-state index in [1.165, 1.54) is 36.6 Å². The van der Waals surface area contributed by atoms with Gasteiger partial charge in [-0.25, -0.2) is 4.98 Å². The Bertz CT molecular complexity index is 383. The minimum atomic E-state index is 0.176. The summed E-state index contributed by atoms with van der Waals surface area (Å²) in [5.41, 5.74) is 1.41. The zero-order valence-corrected chi connectivity index (χ0v) is 14.0. The van der Waals surface area contributed by atoms with E-state index < -0.39 is 0 Å². The summed E-state index contributed by atoms with van der Waals surface area (Å²) in [6.07, 6.45) is 2.70. The number of nitrogens with zero attached hydrogens (tertiary/aromatic N) is 2. The predicted octanol–water partition coefficient (Wildman–Crippen LogP) is 4.05. The van der Waals surface area contributed by atoms with Crippen LogP contribution in [0.5, 0.6) is 0 Å². The van der Waals surface area contributed by atoms with Crippen molar-refractivity contribution < 1.29 is 0 Å². The van der Waals surface area contributed by atoms with Gasteiger partial charge in [-0.1, -0.05) is 36.7 Å².